The highest BCUT2D eigenvalue weighted by Crippen LogP contribution is 2.16. The summed E-state index contributed by atoms with van der Waals surface area (Å²) in [6.07, 6.45) is 1.67. The Kier molecular flexibility index (Phi) is 4.98. The Morgan fingerprint density at radius 1 is 1.08 bits per heavy atom. The van der Waals surface area contributed by atoms with Crippen LogP contribution in [0.5, 0.6) is 5.75 Å². The van der Waals surface area contributed by atoms with Crippen molar-refractivity contribution < 1.29 is 14.3 Å². The average Bonchev–Trinajstić information content (AvgIpc) is 3.17. The van der Waals surface area contributed by atoms with Crippen LogP contribution in [0.25, 0.3) is 5.69 Å². The van der Waals surface area contributed by atoms with Crippen LogP contribution in [0, 0.1) is 0 Å². The van der Waals surface area contributed by atoms with Crippen LogP contribution in [0.3, 0.4) is 0 Å². The van der Waals surface area contributed by atoms with Crippen molar-refractivity contribution in [3.8, 4) is 11.4 Å². The van der Waals surface area contributed by atoms with Crippen LogP contribution in [-0.4, -0.2) is 28.7 Å². The number of hydrogen-bond acceptors (Lipinski definition) is 4. The lowest BCUT2D eigenvalue weighted by Gasteiger charge is -2.15. The number of aromatic nitrogens is 2. The maximum Gasteiger partial charge on any atom is 0.272 e. The van der Waals surface area contributed by atoms with Crippen molar-refractivity contribution in [3.63, 3.8) is 0 Å². The molecule has 3 aromatic rings. The molecule has 0 aliphatic rings. The molecule has 0 spiro atoms. The molecule has 132 valence electrons. The largest absolute Gasteiger partial charge is 0.497 e. The van der Waals surface area contributed by atoms with Crippen LogP contribution < -0.4 is 15.8 Å². The smallest absolute Gasteiger partial charge is 0.272 e. The molecular formula is C19H18N4O3. The fourth-order valence-electron chi connectivity index (χ4n) is 2.49. The molecule has 7 heteroatoms. The van der Waals surface area contributed by atoms with Crippen LogP contribution in [-0.2, 0) is 4.79 Å². The van der Waals surface area contributed by atoms with E-state index in [4.69, 9.17) is 10.5 Å². The molecule has 0 saturated carbocycles. The molecular weight excluding hydrogens is 332 g/mol. The molecule has 2 aromatic carbocycles. The fraction of sp³-hybridized carbons (Fsp3) is 0.105. The number of rotatable bonds is 6. The minimum Gasteiger partial charge on any atom is -0.497 e. The SMILES string of the molecule is COc1ccc(-n2ccc(C(=O)NC(C(N)=O)c3ccccc3)n2)cc1. The van der Waals surface area contributed by atoms with Crippen molar-refractivity contribution in [1.29, 1.82) is 0 Å². The van der Waals surface area contributed by atoms with E-state index in [2.05, 4.69) is 10.4 Å². The van der Waals surface area contributed by atoms with E-state index in [9.17, 15) is 9.59 Å². The molecule has 26 heavy (non-hydrogen) atoms. The van der Waals surface area contributed by atoms with Gasteiger partial charge >= 0.3 is 0 Å². The van der Waals surface area contributed by atoms with E-state index in [-0.39, 0.29) is 5.69 Å². The van der Waals surface area contributed by atoms with Crippen LogP contribution in [0.2, 0.25) is 0 Å². The predicted molar refractivity (Wildman–Crippen MR) is 96.0 cm³/mol. The Bertz CT molecular complexity index is 904. The summed E-state index contributed by atoms with van der Waals surface area (Å²) in [6.45, 7) is 0. The highest BCUT2D eigenvalue weighted by Gasteiger charge is 2.22. The number of amides is 2. The first-order valence-electron chi connectivity index (χ1n) is 7.93. The summed E-state index contributed by atoms with van der Waals surface area (Å²) in [6, 6.07) is 16.7. The quantitative estimate of drug-likeness (QED) is 0.708. The molecule has 1 atom stereocenters. The highest BCUT2D eigenvalue weighted by atomic mass is 16.5. The van der Waals surface area contributed by atoms with E-state index in [0.29, 0.717) is 5.56 Å². The molecule has 0 radical (unpaired) electrons. The Labute approximate surface area is 150 Å². The molecule has 0 aliphatic carbocycles. The van der Waals surface area contributed by atoms with Gasteiger partial charge in [-0.1, -0.05) is 30.3 Å². The number of methoxy groups -OCH3 is 1. The second-order valence-electron chi connectivity index (χ2n) is 5.56. The fourth-order valence-corrected chi connectivity index (χ4v) is 2.49. The van der Waals surface area contributed by atoms with Gasteiger partial charge in [-0.25, -0.2) is 4.68 Å². The topological polar surface area (TPSA) is 99.2 Å². The van der Waals surface area contributed by atoms with Gasteiger partial charge in [-0.3, -0.25) is 9.59 Å². The lowest BCUT2D eigenvalue weighted by molar-refractivity contribution is -0.120. The minimum absolute atomic E-state index is 0.183. The molecule has 1 unspecified atom stereocenters. The average molecular weight is 350 g/mol. The van der Waals surface area contributed by atoms with Crippen LogP contribution in [0.15, 0.2) is 66.9 Å². The van der Waals surface area contributed by atoms with Gasteiger partial charge in [0.25, 0.3) is 5.91 Å². The zero-order valence-electron chi connectivity index (χ0n) is 14.1. The molecule has 1 aromatic heterocycles. The summed E-state index contributed by atoms with van der Waals surface area (Å²) in [5.41, 5.74) is 7.00. The zero-order valence-corrected chi connectivity index (χ0v) is 14.1. The number of benzene rings is 2. The number of nitrogens with zero attached hydrogens (tertiary/aromatic N) is 2. The van der Waals surface area contributed by atoms with E-state index in [1.807, 2.05) is 18.2 Å². The Morgan fingerprint density at radius 3 is 2.38 bits per heavy atom. The minimum atomic E-state index is -0.921. The van der Waals surface area contributed by atoms with Gasteiger partial charge in [-0.05, 0) is 35.9 Å². The van der Waals surface area contributed by atoms with Gasteiger partial charge < -0.3 is 15.8 Å². The molecule has 1 heterocycles. The summed E-state index contributed by atoms with van der Waals surface area (Å²) in [5.74, 6) is -0.393. The van der Waals surface area contributed by atoms with Gasteiger partial charge in [0.1, 0.15) is 11.8 Å². The lowest BCUT2D eigenvalue weighted by atomic mass is 10.1. The first kappa shape index (κ1) is 17.2. The van der Waals surface area contributed by atoms with Crippen molar-refractivity contribution in [2.45, 2.75) is 6.04 Å². The second kappa shape index (κ2) is 7.52. The zero-order chi connectivity index (χ0) is 18.5. The molecule has 0 aliphatic heterocycles. The molecule has 3 N–H and O–H groups in total. The number of nitrogens with one attached hydrogen (secondary N) is 1. The molecule has 2 amide bonds. The first-order chi connectivity index (χ1) is 12.6. The lowest BCUT2D eigenvalue weighted by Crippen LogP contribution is -2.37. The summed E-state index contributed by atoms with van der Waals surface area (Å²) in [4.78, 5) is 24.2. The maximum absolute atomic E-state index is 12.5. The van der Waals surface area contributed by atoms with E-state index >= 15 is 0 Å². The van der Waals surface area contributed by atoms with Crippen LogP contribution in [0.1, 0.15) is 22.1 Å². The summed E-state index contributed by atoms with van der Waals surface area (Å²) in [5, 5.41) is 6.88. The van der Waals surface area contributed by atoms with Gasteiger partial charge in [-0.15, -0.1) is 0 Å². The number of primary amides is 1. The first-order valence-corrected chi connectivity index (χ1v) is 7.93. The van der Waals surface area contributed by atoms with Crippen molar-refractivity contribution in [3.05, 3.63) is 78.1 Å². The van der Waals surface area contributed by atoms with Gasteiger partial charge in [0.2, 0.25) is 5.91 Å². The van der Waals surface area contributed by atoms with E-state index in [1.54, 1.807) is 60.5 Å². The maximum atomic E-state index is 12.5. The standard InChI is InChI=1S/C19H18N4O3/c1-26-15-9-7-14(8-10-15)23-12-11-16(22-23)19(25)21-17(18(20)24)13-5-3-2-4-6-13/h2-12,17H,1H3,(H2,20,24)(H,21,25). The Hall–Kier alpha value is -3.61. The molecule has 0 bridgehead atoms. The van der Waals surface area contributed by atoms with E-state index < -0.39 is 17.9 Å². The van der Waals surface area contributed by atoms with Gasteiger partial charge in [0, 0.05) is 6.20 Å². The number of ether oxygens (including phenoxy) is 1. The number of hydrogen-bond donors (Lipinski definition) is 2. The molecule has 0 saturated heterocycles. The van der Waals surface area contributed by atoms with Gasteiger partial charge in [-0.2, -0.15) is 5.10 Å². The number of nitrogens with two attached hydrogens (primary N) is 1. The normalized spacial score (nSPS) is 11.6. The Balaban J connectivity index is 1.77. The van der Waals surface area contributed by atoms with E-state index in [0.717, 1.165) is 11.4 Å². The third-order valence-corrected chi connectivity index (χ3v) is 3.85. The predicted octanol–water partition coefficient (Wildman–Crippen LogP) is 1.84. The van der Waals surface area contributed by atoms with E-state index in [1.165, 1.54) is 0 Å². The third kappa shape index (κ3) is 3.72. The van der Waals surface area contributed by atoms with Crippen LogP contribution in [0.4, 0.5) is 0 Å². The molecule has 0 fully saturated rings. The van der Waals surface area contributed by atoms with Crippen molar-refractivity contribution in [2.75, 3.05) is 7.11 Å². The van der Waals surface area contributed by atoms with Crippen molar-refractivity contribution in [2.24, 2.45) is 5.73 Å². The monoisotopic (exact) mass is 350 g/mol. The highest BCUT2D eigenvalue weighted by molar-refractivity contribution is 5.96. The van der Waals surface area contributed by atoms with Crippen LogP contribution >= 0.6 is 0 Å². The third-order valence-electron chi connectivity index (χ3n) is 3.85. The number of carbonyl (C=O) groups is 2. The van der Waals surface area contributed by atoms with Crippen molar-refractivity contribution in [1.82, 2.24) is 15.1 Å². The summed E-state index contributed by atoms with van der Waals surface area (Å²) in [7, 11) is 1.59. The second-order valence-corrected chi connectivity index (χ2v) is 5.56. The number of carbonyl (C=O) groups excluding carboxylic acids is 2. The van der Waals surface area contributed by atoms with Crippen molar-refractivity contribution >= 4 is 11.8 Å². The Morgan fingerprint density at radius 2 is 1.77 bits per heavy atom. The molecule has 3 rings (SSSR count). The molecule has 7 nitrogen and oxygen atoms in total. The summed E-state index contributed by atoms with van der Waals surface area (Å²) >= 11 is 0. The summed E-state index contributed by atoms with van der Waals surface area (Å²) < 4.78 is 6.68. The van der Waals surface area contributed by atoms with Gasteiger partial charge in [0.15, 0.2) is 5.69 Å². The van der Waals surface area contributed by atoms with Gasteiger partial charge in [0.05, 0.1) is 12.8 Å².